The number of hydrogen-bond donors (Lipinski definition) is 2. The third-order valence-electron chi connectivity index (χ3n) is 2.49. The van der Waals surface area contributed by atoms with E-state index < -0.39 is 28.7 Å². The van der Waals surface area contributed by atoms with Gasteiger partial charge in [-0.3, -0.25) is 4.79 Å². The molecule has 0 aromatic heterocycles. The van der Waals surface area contributed by atoms with Gasteiger partial charge in [-0.15, -0.1) is 0 Å². The van der Waals surface area contributed by atoms with Gasteiger partial charge in [0, 0.05) is 12.1 Å². The number of benzene rings is 1. The number of rotatable bonds is 7. The van der Waals surface area contributed by atoms with E-state index in [0.717, 1.165) is 0 Å². The molecule has 1 aromatic rings. The maximum Gasteiger partial charge on any atom is 0.411 e. The monoisotopic (exact) mass is 340 g/mol. The smallest absolute Gasteiger partial charge is 0.370 e. The molecule has 0 radical (unpaired) electrons. The average Bonchev–Trinajstić information content (AvgIpc) is 2.45. The molecule has 0 spiro atoms. The van der Waals surface area contributed by atoms with Gasteiger partial charge in [0.25, 0.3) is 5.91 Å². The first-order valence-electron chi connectivity index (χ1n) is 6.12. The highest BCUT2D eigenvalue weighted by Gasteiger charge is 2.27. The zero-order valence-electron chi connectivity index (χ0n) is 11.6. The van der Waals surface area contributed by atoms with E-state index in [2.05, 4.69) is 14.8 Å². The molecule has 0 heterocycles. The number of carbonyl (C=O) groups excluding carboxylic acids is 1. The van der Waals surface area contributed by atoms with Crippen LogP contribution >= 0.6 is 0 Å². The van der Waals surface area contributed by atoms with Crippen molar-refractivity contribution in [1.82, 2.24) is 10.0 Å². The molecular weight excluding hydrogens is 325 g/mol. The summed E-state index contributed by atoms with van der Waals surface area (Å²) in [5, 5.41) is 2.36. The Morgan fingerprint density at radius 1 is 1.23 bits per heavy atom. The second-order valence-corrected chi connectivity index (χ2v) is 6.04. The summed E-state index contributed by atoms with van der Waals surface area (Å²) in [5.74, 6) is -0.538. The highest BCUT2D eigenvalue weighted by atomic mass is 32.2. The molecule has 1 aromatic carbocycles. The lowest BCUT2D eigenvalue weighted by molar-refractivity contribution is -0.173. The minimum atomic E-state index is -4.40. The maximum absolute atomic E-state index is 11.8. The highest BCUT2D eigenvalue weighted by molar-refractivity contribution is 7.89. The van der Waals surface area contributed by atoms with Crippen LogP contribution in [-0.4, -0.2) is 47.3 Å². The normalized spacial score (nSPS) is 12.2. The fourth-order valence-corrected chi connectivity index (χ4v) is 2.16. The van der Waals surface area contributed by atoms with E-state index in [0.29, 0.717) is 0 Å². The van der Waals surface area contributed by atoms with Crippen molar-refractivity contribution >= 4 is 15.9 Å². The number of carbonyl (C=O) groups is 1. The standard InChI is InChI=1S/C12H15F3N2O4S/c1-16-22(19,20)10-4-2-9(3-5-10)11(18)17-6-7-21-8-12(13,14)15/h2-5,16H,6-8H2,1H3,(H,17,18). The Labute approximate surface area is 125 Å². The zero-order valence-corrected chi connectivity index (χ0v) is 12.4. The van der Waals surface area contributed by atoms with Crippen LogP contribution in [0.1, 0.15) is 10.4 Å². The molecule has 0 unspecified atom stereocenters. The van der Waals surface area contributed by atoms with Gasteiger partial charge in [0.1, 0.15) is 6.61 Å². The fraction of sp³-hybridized carbons (Fsp3) is 0.417. The number of nitrogens with one attached hydrogen (secondary N) is 2. The lowest BCUT2D eigenvalue weighted by Gasteiger charge is -2.09. The number of ether oxygens (including phenoxy) is 1. The second kappa shape index (κ2) is 7.56. The van der Waals surface area contributed by atoms with Crippen LogP contribution in [0, 0.1) is 0 Å². The van der Waals surface area contributed by atoms with Crippen LogP contribution in [0.4, 0.5) is 13.2 Å². The van der Waals surface area contributed by atoms with Crippen LogP contribution in [0.2, 0.25) is 0 Å². The minimum Gasteiger partial charge on any atom is -0.370 e. The van der Waals surface area contributed by atoms with Crippen LogP contribution in [0.25, 0.3) is 0 Å². The third-order valence-corrected chi connectivity index (χ3v) is 3.92. The molecule has 22 heavy (non-hydrogen) atoms. The van der Waals surface area contributed by atoms with Crippen molar-refractivity contribution < 1.29 is 31.1 Å². The first-order valence-corrected chi connectivity index (χ1v) is 7.60. The molecule has 0 saturated heterocycles. The summed E-state index contributed by atoms with van der Waals surface area (Å²) in [4.78, 5) is 11.7. The molecule has 0 aliphatic heterocycles. The Hall–Kier alpha value is -1.65. The van der Waals surface area contributed by atoms with Gasteiger partial charge in [0.2, 0.25) is 10.0 Å². The molecule has 0 bridgehead atoms. The molecule has 10 heteroatoms. The summed E-state index contributed by atoms with van der Waals surface area (Å²) in [5.41, 5.74) is 0.186. The molecule has 0 aliphatic carbocycles. The molecule has 2 N–H and O–H groups in total. The lowest BCUT2D eigenvalue weighted by atomic mass is 10.2. The molecule has 0 atom stereocenters. The van der Waals surface area contributed by atoms with Crippen LogP contribution in [-0.2, 0) is 14.8 Å². The Balaban J connectivity index is 2.47. The number of sulfonamides is 1. The van der Waals surface area contributed by atoms with E-state index >= 15 is 0 Å². The van der Waals surface area contributed by atoms with Crippen LogP contribution in [0.5, 0.6) is 0 Å². The first kappa shape index (κ1) is 18.4. The van der Waals surface area contributed by atoms with E-state index in [1.54, 1.807) is 0 Å². The predicted molar refractivity (Wildman–Crippen MR) is 71.9 cm³/mol. The minimum absolute atomic E-state index is 0.0000560. The SMILES string of the molecule is CNS(=O)(=O)c1ccc(C(=O)NCCOCC(F)(F)F)cc1. The van der Waals surface area contributed by atoms with E-state index in [4.69, 9.17) is 0 Å². The summed E-state index contributed by atoms with van der Waals surface area (Å²) >= 11 is 0. The topological polar surface area (TPSA) is 84.5 Å². The first-order chi connectivity index (χ1) is 10.2. The van der Waals surface area contributed by atoms with E-state index in [1.165, 1.54) is 31.3 Å². The summed E-state index contributed by atoms with van der Waals surface area (Å²) in [6.07, 6.45) is -4.40. The van der Waals surface area contributed by atoms with Crippen LogP contribution in [0.3, 0.4) is 0 Å². The van der Waals surface area contributed by atoms with Gasteiger partial charge < -0.3 is 10.1 Å². The Morgan fingerprint density at radius 3 is 2.32 bits per heavy atom. The Bertz CT molecular complexity index is 600. The second-order valence-electron chi connectivity index (χ2n) is 4.16. The van der Waals surface area contributed by atoms with Crippen LogP contribution < -0.4 is 10.0 Å². The molecule has 0 aliphatic rings. The fourth-order valence-electron chi connectivity index (χ4n) is 1.43. The quantitative estimate of drug-likeness (QED) is 0.723. The molecule has 0 fully saturated rings. The Kier molecular flexibility index (Phi) is 6.33. The molecule has 1 amide bonds. The lowest BCUT2D eigenvalue weighted by Crippen LogP contribution is -2.29. The van der Waals surface area contributed by atoms with E-state index in [-0.39, 0.29) is 23.6 Å². The van der Waals surface area contributed by atoms with Gasteiger partial charge in [-0.25, -0.2) is 13.1 Å². The van der Waals surface area contributed by atoms with E-state index in [1.807, 2.05) is 0 Å². The van der Waals surface area contributed by atoms with Gasteiger partial charge in [0.15, 0.2) is 0 Å². The summed E-state index contributed by atoms with van der Waals surface area (Å²) in [6.45, 7) is -1.75. The zero-order chi connectivity index (χ0) is 16.8. The highest BCUT2D eigenvalue weighted by Crippen LogP contribution is 2.14. The third kappa shape index (κ3) is 6.00. The maximum atomic E-state index is 11.8. The van der Waals surface area contributed by atoms with Crippen LogP contribution in [0.15, 0.2) is 29.2 Å². The van der Waals surface area contributed by atoms with Crippen molar-refractivity contribution in [2.75, 3.05) is 26.8 Å². The van der Waals surface area contributed by atoms with Gasteiger partial charge in [0.05, 0.1) is 11.5 Å². The van der Waals surface area contributed by atoms with Crippen molar-refractivity contribution in [2.45, 2.75) is 11.1 Å². The van der Waals surface area contributed by atoms with Crippen molar-refractivity contribution in [2.24, 2.45) is 0 Å². The van der Waals surface area contributed by atoms with E-state index in [9.17, 15) is 26.4 Å². The van der Waals surface area contributed by atoms with Gasteiger partial charge in [-0.1, -0.05) is 0 Å². The predicted octanol–water partition coefficient (Wildman–Crippen LogP) is 0.903. The molecule has 124 valence electrons. The largest absolute Gasteiger partial charge is 0.411 e. The Morgan fingerprint density at radius 2 is 1.82 bits per heavy atom. The molecule has 0 saturated carbocycles. The van der Waals surface area contributed by atoms with Crippen molar-refractivity contribution in [3.8, 4) is 0 Å². The van der Waals surface area contributed by atoms with Crippen molar-refractivity contribution in [3.63, 3.8) is 0 Å². The summed E-state index contributed by atoms with van der Waals surface area (Å²) in [7, 11) is -2.33. The number of halogens is 3. The molecule has 6 nitrogen and oxygen atoms in total. The van der Waals surface area contributed by atoms with Gasteiger partial charge in [-0.05, 0) is 31.3 Å². The number of amides is 1. The molecule has 1 rings (SSSR count). The van der Waals surface area contributed by atoms with Gasteiger partial charge in [-0.2, -0.15) is 13.2 Å². The van der Waals surface area contributed by atoms with Crippen molar-refractivity contribution in [1.29, 1.82) is 0 Å². The summed E-state index contributed by atoms with van der Waals surface area (Å²) in [6, 6.07) is 5.11. The molecular formula is C12H15F3N2O4S. The number of alkyl halides is 3. The summed E-state index contributed by atoms with van der Waals surface area (Å²) < 4.78 is 64.8. The van der Waals surface area contributed by atoms with Crippen molar-refractivity contribution in [3.05, 3.63) is 29.8 Å². The average molecular weight is 340 g/mol. The number of hydrogen-bond acceptors (Lipinski definition) is 4. The van der Waals surface area contributed by atoms with Gasteiger partial charge >= 0.3 is 6.18 Å².